The van der Waals surface area contributed by atoms with E-state index in [1.807, 2.05) is 0 Å². The number of nitrogens with one attached hydrogen (secondary N) is 2. The molecule has 0 aromatic heterocycles. The van der Waals surface area contributed by atoms with Gasteiger partial charge in [-0.05, 0) is 0 Å². The summed E-state index contributed by atoms with van der Waals surface area (Å²) < 4.78 is 99.6. The molecule has 0 bridgehead atoms. The monoisotopic (exact) mass is 1160 g/mol. The van der Waals surface area contributed by atoms with Gasteiger partial charge in [0.2, 0.25) is 0 Å². The summed E-state index contributed by atoms with van der Waals surface area (Å²) in [5, 5.41) is 5.42. The number of sulfonamides is 2. The summed E-state index contributed by atoms with van der Waals surface area (Å²) in [6.07, 6.45) is -6.28. The molecule has 428 valence electrons. The standard InChI is InChI=1S/C50H74N6O17P2S2/c1-35(2)29-55(76(63,64)43-19-15-39(51)16-20-43)31-47(45(27-37-11-7-5-8-12-37)53-49(57)69-41-23-25-67-33-41)71-74(59,60)73-75(61,62)72-48(32-56(30-36(3)4)77(65,66)44-21-17-40(52)18-22-44)46(28-38-13-9-6-10-14-38)54-50(58)70-42-24-26-68-34-42/h5-22,35-36,41-42,45-48,59-62,74-75H,23-34,51-52H2,1-4H3,(H,53,57)(H,54,58)/t41-,42-,45-,46-,47-,48+/m0/s1. The van der Waals surface area contributed by atoms with Crippen molar-refractivity contribution in [2.45, 2.75) is 99.7 Å². The Labute approximate surface area is 451 Å². The number of alkyl carbamates (subject to hydrolysis) is 2. The van der Waals surface area contributed by atoms with Crippen molar-refractivity contribution in [3.8, 4) is 0 Å². The Morgan fingerprint density at radius 2 is 0.935 bits per heavy atom. The van der Waals surface area contributed by atoms with E-state index in [0.29, 0.717) is 37.2 Å². The van der Waals surface area contributed by atoms with Gasteiger partial charge in [0.1, 0.15) is 0 Å². The number of hydrogen-bond donors (Lipinski definition) is 8. The van der Waals surface area contributed by atoms with E-state index >= 15 is 0 Å². The normalized spacial score (nSPS) is 18.5. The van der Waals surface area contributed by atoms with Crippen molar-refractivity contribution in [3.05, 3.63) is 120 Å². The molecule has 0 spiro atoms. The van der Waals surface area contributed by atoms with Crippen LogP contribution in [0.1, 0.15) is 51.7 Å². The van der Waals surface area contributed by atoms with Gasteiger partial charge in [-0.2, -0.15) is 0 Å². The van der Waals surface area contributed by atoms with E-state index in [1.165, 1.54) is 48.5 Å². The molecular weight excluding hydrogens is 1080 g/mol. The van der Waals surface area contributed by atoms with E-state index in [-0.39, 0.29) is 72.1 Å². The maximum atomic E-state index is 14.5. The molecule has 2 saturated heterocycles. The number of carbonyl (C=O) groups excluding carboxylic acids is 2. The van der Waals surface area contributed by atoms with Crippen LogP contribution in [0.25, 0.3) is 0 Å². The number of amides is 2. The molecule has 0 saturated carbocycles. The molecule has 23 nitrogen and oxygen atoms in total. The molecule has 2 aliphatic heterocycles. The fraction of sp³-hybridized carbons (Fsp3) is 0.480. The number of anilines is 2. The van der Waals surface area contributed by atoms with Gasteiger partial charge in [-0.25, -0.2) is 0 Å². The number of nitrogen functional groups attached to an aromatic ring is 2. The summed E-state index contributed by atoms with van der Waals surface area (Å²) in [7, 11) is -21.1. The third-order valence-corrected chi connectivity index (χ3v) is 19.3. The first-order valence-corrected chi connectivity index (χ1v) is 31.5. The van der Waals surface area contributed by atoms with Crippen LogP contribution in [0.15, 0.2) is 119 Å². The van der Waals surface area contributed by atoms with Crippen molar-refractivity contribution in [2.24, 2.45) is 11.8 Å². The van der Waals surface area contributed by atoms with Gasteiger partial charge in [0, 0.05) is 0 Å². The predicted molar refractivity (Wildman–Crippen MR) is 291 cm³/mol. The van der Waals surface area contributed by atoms with Gasteiger partial charge in [-0.15, -0.1) is 0 Å². The summed E-state index contributed by atoms with van der Waals surface area (Å²) >= 11 is 0. The predicted octanol–water partition coefficient (Wildman–Crippen LogP) is 4.67. The summed E-state index contributed by atoms with van der Waals surface area (Å²) in [5.74, 6) is -0.677. The molecule has 6 rings (SSSR count). The van der Waals surface area contributed by atoms with Crippen molar-refractivity contribution in [1.82, 2.24) is 19.2 Å². The van der Waals surface area contributed by atoms with Gasteiger partial charge in [-0.3, -0.25) is 0 Å². The zero-order chi connectivity index (χ0) is 56.0. The number of ether oxygens (including phenoxy) is 4. The molecule has 0 aliphatic carbocycles. The van der Waals surface area contributed by atoms with Crippen LogP contribution in [0.5, 0.6) is 0 Å². The number of benzene rings is 4. The van der Waals surface area contributed by atoms with Crippen LogP contribution < -0.4 is 22.1 Å². The van der Waals surface area contributed by atoms with E-state index in [4.69, 9.17) is 43.8 Å². The second-order valence-corrected chi connectivity index (χ2v) is 27.1. The first kappa shape index (κ1) is 61.6. The summed E-state index contributed by atoms with van der Waals surface area (Å²) in [4.78, 5) is 74.9. The Morgan fingerprint density at radius 3 is 1.25 bits per heavy atom. The van der Waals surface area contributed by atoms with Crippen molar-refractivity contribution in [3.63, 3.8) is 0 Å². The second kappa shape index (κ2) is 28.0. The first-order chi connectivity index (χ1) is 36.4. The van der Waals surface area contributed by atoms with Gasteiger partial charge in [-0.1, -0.05) is 0 Å². The molecule has 0 radical (unpaired) electrons. The van der Waals surface area contributed by atoms with E-state index in [1.54, 1.807) is 88.4 Å². The third-order valence-electron chi connectivity index (χ3n) is 12.2. The Hall–Kier alpha value is -4.66. The van der Waals surface area contributed by atoms with Crippen LogP contribution in [-0.2, 0) is 65.2 Å². The van der Waals surface area contributed by atoms with Crippen LogP contribution in [-0.4, -0.2) is 146 Å². The van der Waals surface area contributed by atoms with E-state index in [9.17, 15) is 46.0 Å². The zero-order valence-electron chi connectivity index (χ0n) is 43.5. The molecule has 4 aromatic carbocycles. The molecule has 0 unspecified atom stereocenters. The average molecular weight is 1160 g/mol. The summed E-state index contributed by atoms with van der Waals surface area (Å²) in [6, 6.07) is 25.2. The maximum absolute atomic E-state index is 14.5. The molecular formula is C50H74N6O17P2S2. The first-order valence-electron chi connectivity index (χ1n) is 25.2. The van der Waals surface area contributed by atoms with E-state index < -0.39 is 98.2 Å². The Balaban J connectivity index is 1.40. The van der Waals surface area contributed by atoms with Gasteiger partial charge in [0.25, 0.3) is 0 Å². The van der Waals surface area contributed by atoms with Crippen molar-refractivity contribution in [2.75, 3.05) is 64.1 Å². The number of hydrogen-bond acceptors (Lipinski definition) is 19. The van der Waals surface area contributed by atoms with Crippen LogP contribution >= 0.6 is 16.3 Å². The van der Waals surface area contributed by atoms with Crippen LogP contribution in [0.4, 0.5) is 21.0 Å². The third kappa shape index (κ3) is 19.3. The van der Waals surface area contributed by atoms with Gasteiger partial charge < -0.3 is 0 Å². The number of rotatable bonds is 28. The minimum absolute atomic E-state index is 0.109. The summed E-state index contributed by atoms with van der Waals surface area (Å²) in [6.45, 7) is 6.15. The molecule has 2 fully saturated rings. The number of nitrogens with zero attached hydrogens (tertiary/aromatic N) is 2. The molecule has 6 atom stereocenters. The molecule has 27 heteroatoms. The van der Waals surface area contributed by atoms with Crippen molar-refractivity contribution < 1.29 is 78.3 Å². The fourth-order valence-electron chi connectivity index (χ4n) is 8.62. The quantitative estimate of drug-likeness (QED) is 0.0283. The Bertz CT molecular complexity index is 2520. The van der Waals surface area contributed by atoms with Gasteiger partial charge in [0.05, 0.1) is 0 Å². The Morgan fingerprint density at radius 1 is 0.584 bits per heavy atom. The molecule has 2 heterocycles. The minimum atomic E-state index is -6.10. The number of carbonyl (C=O) groups is 2. The van der Waals surface area contributed by atoms with Crippen LogP contribution in [0.3, 0.4) is 0 Å². The molecule has 10 N–H and O–H groups in total. The summed E-state index contributed by atoms with van der Waals surface area (Å²) in [5.41, 5.74) is 13.5. The zero-order valence-corrected chi connectivity index (χ0v) is 47.1. The number of nitrogens with two attached hydrogens (primary N) is 2. The van der Waals surface area contributed by atoms with Crippen LogP contribution in [0, 0.1) is 11.8 Å². The van der Waals surface area contributed by atoms with Crippen molar-refractivity contribution >= 4 is 59.9 Å². The van der Waals surface area contributed by atoms with Crippen LogP contribution in [0.2, 0.25) is 0 Å². The van der Waals surface area contributed by atoms with Crippen molar-refractivity contribution in [1.29, 1.82) is 0 Å². The molecule has 2 aliphatic rings. The van der Waals surface area contributed by atoms with E-state index in [0.717, 1.165) is 8.61 Å². The average Bonchev–Trinajstić information content (AvgIpc) is 4.08. The van der Waals surface area contributed by atoms with E-state index in [2.05, 4.69) is 10.6 Å². The second-order valence-electron chi connectivity index (χ2n) is 19.7. The SMILES string of the molecule is CC(C)CN(C[C@H](O[PH](O)(O)O[PH](O)(O)O[C@H](CN(CC(C)C)S(=O)(=O)c1ccc(N)cc1)[C@H](Cc1ccccc1)NC(=O)O[C@H]1CCOC1)[C@H](Cc1ccccc1)NC(=O)O[C@H]1CCOC1)S(=O)(=O)c1ccc(N)cc1. The van der Waals surface area contributed by atoms with Gasteiger partial charge in [0.15, 0.2) is 0 Å². The fourth-order valence-corrected chi connectivity index (χ4v) is 14.9. The molecule has 77 heavy (non-hydrogen) atoms. The molecule has 2 amide bonds. The topological polar surface area (TPSA) is 331 Å². The van der Waals surface area contributed by atoms with Gasteiger partial charge >= 0.3 is 453 Å². The molecule has 4 aromatic rings. The Kier molecular flexibility index (Phi) is 22.4.